The fourth-order valence-electron chi connectivity index (χ4n) is 2.38. The summed E-state index contributed by atoms with van der Waals surface area (Å²) in [6.45, 7) is 5.62. The van der Waals surface area contributed by atoms with Gasteiger partial charge in [0.1, 0.15) is 11.1 Å². The summed E-state index contributed by atoms with van der Waals surface area (Å²) < 4.78 is 5.45. The van der Waals surface area contributed by atoms with Crippen molar-refractivity contribution < 1.29 is 9.53 Å². The largest absolute Gasteiger partial charge is 0.459 e. The Morgan fingerprint density at radius 1 is 1.17 bits per heavy atom. The third kappa shape index (κ3) is 4.94. The minimum atomic E-state index is -0.822. The van der Waals surface area contributed by atoms with E-state index in [0.717, 1.165) is 32.1 Å². The number of carbonyl (C=O) groups excluding carboxylic acids is 1. The Morgan fingerprint density at radius 3 is 2.33 bits per heavy atom. The molecular weight excluding hydrogens is 228 g/mol. The molecule has 1 fully saturated rings. The highest BCUT2D eigenvalue weighted by Crippen LogP contribution is 2.26. The van der Waals surface area contributed by atoms with Crippen LogP contribution in [0.1, 0.15) is 65.7 Å². The molecule has 1 aliphatic carbocycles. The fraction of sp³-hybridized carbons (Fsp3) is 0.929. The second-order valence-electron chi connectivity index (χ2n) is 6.56. The van der Waals surface area contributed by atoms with E-state index in [0.29, 0.717) is 12.8 Å². The van der Waals surface area contributed by atoms with Gasteiger partial charge >= 0.3 is 5.97 Å². The normalized spacial score (nSPS) is 31.1. The van der Waals surface area contributed by atoms with E-state index >= 15 is 0 Å². The molecule has 4 N–H and O–H groups in total. The summed E-state index contributed by atoms with van der Waals surface area (Å²) in [6, 6.07) is 0.256. The molecule has 0 aromatic rings. The van der Waals surface area contributed by atoms with Crippen LogP contribution in [-0.4, -0.2) is 23.2 Å². The van der Waals surface area contributed by atoms with Crippen LogP contribution < -0.4 is 11.5 Å². The van der Waals surface area contributed by atoms with Crippen molar-refractivity contribution in [3.8, 4) is 0 Å². The van der Waals surface area contributed by atoms with Crippen LogP contribution in [0.3, 0.4) is 0 Å². The van der Waals surface area contributed by atoms with Gasteiger partial charge in [-0.3, -0.25) is 4.79 Å². The number of rotatable bonds is 1. The van der Waals surface area contributed by atoms with Gasteiger partial charge in [0.2, 0.25) is 0 Å². The molecule has 106 valence electrons. The molecule has 0 aromatic carbocycles. The fourth-order valence-corrected chi connectivity index (χ4v) is 2.38. The topological polar surface area (TPSA) is 78.3 Å². The first-order valence-corrected chi connectivity index (χ1v) is 7.01. The molecule has 1 saturated carbocycles. The standard InChI is InChI=1S/C14H28N2O2/c1-13(2,3)18-12(17)14(16)9-5-4-7-11(15)8-6-10-14/h11H,4-10,15-16H2,1-3H3/t11-,14?/m1/s1. The average Bonchev–Trinajstić information content (AvgIpc) is 2.28. The first-order chi connectivity index (χ1) is 8.23. The van der Waals surface area contributed by atoms with Gasteiger partial charge in [0.05, 0.1) is 0 Å². The molecule has 0 radical (unpaired) electrons. The van der Waals surface area contributed by atoms with Crippen LogP contribution in [0.4, 0.5) is 0 Å². The summed E-state index contributed by atoms with van der Waals surface area (Å²) >= 11 is 0. The smallest absolute Gasteiger partial charge is 0.326 e. The SMILES string of the molecule is CC(C)(C)OC(=O)C1(N)CCCC[C@@H](N)CCC1. The molecule has 0 aliphatic heterocycles. The summed E-state index contributed by atoms with van der Waals surface area (Å²) in [5, 5.41) is 0. The second kappa shape index (κ2) is 6.02. The van der Waals surface area contributed by atoms with Crippen LogP contribution in [0.15, 0.2) is 0 Å². The Morgan fingerprint density at radius 2 is 1.72 bits per heavy atom. The third-order valence-corrected chi connectivity index (χ3v) is 3.45. The molecule has 1 aliphatic rings. The lowest BCUT2D eigenvalue weighted by Gasteiger charge is -2.31. The average molecular weight is 256 g/mol. The van der Waals surface area contributed by atoms with Gasteiger partial charge in [0, 0.05) is 6.04 Å². The highest BCUT2D eigenvalue weighted by atomic mass is 16.6. The van der Waals surface area contributed by atoms with E-state index in [-0.39, 0.29) is 12.0 Å². The number of nitrogens with two attached hydrogens (primary N) is 2. The van der Waals surface area contributed by atoms with Crippen LogP contribution in [-0.2, 0) is 9.53 Å². The molecule has 1 rings (SSSR count). The van der Waals surface area contributed by atoms with Crippen molar-refractivity contribution in [2.75, 3.05) is 0 Å². The maximum atomic E-state index is 12.2. The summed E-state index contributed by atoms with van der Waals surface area (Å²) in [7, 11) is 0. The molecule has 0 saturated heterocycles. The lowest BCUT2D eigenvalue weighted by molar-refractivity contribution is -0.162. The zero-order valence-corrected chi connectivity index (χ0v) is 12.0. The van der Waals surface area contributed by atoms with Gasteiger partial charge in [0.15, 0.2) is 0 Å². The minimum Gasteiger partial charge on any atom is -0.459 e. The number of hydrogen-bond acceptors (Lipinski definition) is 4. The van der Waals surface area contributed by atoms with E-state index in [2.05, 4.69) is 0 Å². The molecule has 0 heterocycles. The van der Waals surface area contributed by atoms with Gasteiger partial charge in [-0.2, -0.15) is 0 Å². The molecule has 18 heavy (non-hydrogen) atoms. The van der Waals surface area contributed by atoms with Gasteiger partial charge in [-0.05, 0) is 52.9 Å². The van der Waals surface area contributed by atoms with Crippen molar-refractivity contribution in [1.82, 2.24) is 0 Å². The molecule has 2 atom stereocenters. The summed E-state index contributed by atoms with van der Waals surface area (Å²) in [5.74, 6) is -0.259. The monoisotopic (exact) mass is 256 g/mol. The van der Waals surface area contributed by atoms with Gasteiger partial charge in [-0.25, -0.2) is 0 Å². The molecule has 0 amide bonds. The van der Waals surface area contributed by atoms with Crippen molar-refractivity contribution >= 4 is 5.97 Å². The Hall–Kier alpha value is -0.610. The van der Waals surface area contributed by atoms with Crippen LogP contribution in [0.5, 0.6) is 0 Å². The zero-order chi connectivity index (χ0) is 13.8. The van der Waals surface area contributed by atoms with Crippen LogP contribution in [0, 0.1) is 0 Å². The molecule has 0 spiro atoms. The molecule has 0 aromatic heterocycles. The lowest BCUT2D eigenvalue weighted by atomic mass is 9.88. The molecule has 1 unspecified atom stereocenters. The van der Waals surface area contributed by atoms with E-state index < -0.39 is 11.1 Å². The van der Waals surface area contributed by atoms with Crippen molar-refractivity contribution in [3.63, 3.8) is 0 Å². The minimum absolute atomic E-state index is 0.256. The quantitative estimate of drug-likeness (QED) is 0.704. The summed E-state index contributed by atoms with van der Waals surface area (Å²) in [5.41, 5.74) is 11.0. The maximum absolute atomic E-state index is 12.2. The van der Waals surface area contributed by atoms with Crippen LogP contribution >= 0.6 is 0 Å². The van der Waals surface area contributed by atoms with Gasteiger partial charge in [-0.15, -0.1) is 0 Å². The van der Waals surface area contributed by atoms with E-state index in [4.69, 9.17) is 16.2 Å². The Bertz CT molecular complexity index is 286. The molecule has 4 nitrogen and oxygen atoms in total. The maximum Gasteiger partial charge on any atom is 0.326 e. The van der Waals surface area contributed by atoms with Gasteiger partial charge in [0.25, 0.3) is 0 Å². The van der Waals surface area contributed by atoms with Crippen molar-refractivity contribution in [2.45, 2.75) is 82.9 Å². The number of carbonyl (C=O) groups is 1. The highest BCUT2D eigenvalue weighted by molar-refractivity contribution is 5.80. The molecular formula is C14H28N2O2. The summed E-state index contributed by atoms with van der Waals surface area (Å²) in [6.07, 6.45) is 6.25. The second-order valence-corrected chi connectivity index (χ2v) is 6.56. The molecule has 4 heteroatoms. The van der Waals surface area contributed by atoms with E-state index in [1.807, 2.05) is 20.8 Å². The van der Waals surface area contributed by atoms with Crippen molar-refractivity contribution in [3.05, 3.63) is 0 Å². The Labute approximate surface area is 110 Å². The zero-order valence-electron chi connectivity index (χ0n) is 12.0. The number of hydrogen-bond donors (Lipinski definition) is 2. The van der Waals surface area contributed by atoms with E-state index in [1.54, 1.807) is 0 Å². The Kier molecular flexibility index (Phi) is 5.17. The predicted octanol–water partition coefficient (Wildman–Crippen LogP) is 2.10. The lowest BCUT2D eigenvalue weighted by Crippen LogP contribution is -2.51. The number of esters is 1. The highest BCUT2D eigenvalue weighted by Gasteiger charge is 2.37. The van der Waals surface area contributed by atoms with Crippen molar-refractivity contribution in [2.24, 2.45) is 11.5 Å². The van der Waals surface area contributed by atoms with E-state index in [9.17, 15) is 4.79 Å². The first kappa shape index (κ1) is 15.4. The van der Waals surface area contributed by atoms with Gasteiger partial charge < -0.3 is 16.2 Å². The Balaban J connectivity index is 2.66. The van der Waals surface area contributed by atoms with Crippen LogP contribution in [0.2, 0.25) is 0 Å². The van der Waals surface area contributed by atoms with E-state index in [1.165, 1.54) is 0 Å². The number of ether oxygens (including phenoxy) is 1. The van der Waals surface area contributed by atoms with Crippen molar-refractivity contribution in [1.29, 1.82) is 0 Å². The first-order valence-electron chi connectivity index (χ1n) is 7.01. The van der Waals surface area contributed by atoms with Gasteiger partial charge in [-0.1, -0.05) is 12.8 Å². The van der Waals surface area contributed by atoms with Crippen LogP contribution in [0.25, 0.3) is 0 Å². The summed E-state index contributed by atoms with van der Waals surface area (Å²) in [4.78, 5) is 12.2. The third-order valence-electron chi connectivity index (χ3n) is 3.45. The predicted molar refractivity (Wildman–Crippen MR) is 73.1 cm³/mol. The molecule has 0 bridgehead atoms.